The quantitative estimate of drug-likeness (QED) is 0.567. The molecule has 114 valence electrons. The van der Waals surface area contributed by atoms with Crippen LogP contribution in [0.3, 0.4) is 0 Å². The third kappa shape index (κ3) is 4.46. The number of nitrogens with zero attached hydrogens (tertiary/aromatic N) is 3. The Balaban J connectivity index is 1.76. The van der Waals surface area contributed by atoms with Crippen LogP contribution in [0.2, 0.25) is 0 Å². The van der Waals surface area contributed by atoms with Crippen molar-refractivity contribution in [2.24, 2.45) is 7.05 Å². The largest absolute Gasteiger partial charge is 0.396 e. The Bertz CT molecular complexity index is 391. The van der Waals surface area contributed by atoms with Crippen molar-refractivity contribution in [1.29, 1.82) is 0 Å². The average Bonchev–Trinajstić information content (AvgIpc) is 2.85. The summed E-state index contributed by atoms with van der Waals surface area (Å²) in [5.74, 6) is 2.72. The van der Waals surface area contributed by atoms with E-state index in [9.17, 15) is 0 Å². The zero-order valence-corrected chi connectivity index (χ0v) is 13.2. The maximum absolute atomic E-state index is 8.73. The minimum atomic E-state index is 0.315. The molecule has 1 fully saturated rings. The molecular weight excluding hydrogens is 272 g/mol. The summed E-state index contributed by atoms with van der Waals surface area (Å²) >= 11 is 1.80. The fourth-order valence-electron chi connectivity index (χ4n) is 2.61. The Morgan fingerprint density at radius 1 is 1.30 bits per heavy atom. The molecule has 0 amide bonds. The SMILES string of the molecule is Cn1c(SCCCCCCO)nnc1[C@H]1CCCNC1. The van der Waals surface area contributed by atoms with Gasteiger partial charge in [-0.25, -0.2) is 0 Å². The second kappa shape index (κ2) is 8.64. The Hall–Kier alpha value is -0.590. The molecule has 0 spiro atoms. The molecule has 5 nitrogen and oxygen atoms in total. The number of hydrogen-bond donors (Lipinski definition) is 2. The smallest absolute Gasteiger partial charge is 0.190 e. The molecule has 0 bridgehead atoms. The number of aliphatic hydroxyl groups excluding tert-OH is 1. The standard InChI is InChI=1S/C14H26N4OS/c1-18-13(12-7-6-8-15-11-12)16-17-14(18)20-10-5-3-2-4-9-19/h12,15,19H,2-11H2,1H3/t12-/m0/s1. The number of hydrogen-bond acceptors (Lipinski definition) is 5. The van der Waals surface area contributed by atoms with Gasteiger partial charge in [0.1, 0.15) is 5.82 Å². The van der Waals surface area contributed by atoms with Gasteiger partial charge in [-0.15, -0.1) is 10.2 Å². The van der Waals surface area contributed by atoms with E-state index in [0.29, 0.717) is 12.5 Å². The number of aromatic nitrogens is 3. The van der Waals surface area contributed by atoms with Gasteiger partial charge >= 0.3 is 0 Å². The molecule has 1 aliphatic rings. The van der Waals surface area contributed by atoms with Gasteiger partial charge in [-0.1, -0.05) is 24.6 Å². The van der Waals surface area contributed by atoms with Crippen molar-refractivity contribution in [1.82, 2.24) is 20.1 Å². The molecule has 6 heteroatoms. The molecule has 0 saturated carbocycles. The lowest BCUT2D eigenvalue weighted by molar-refractivity contribution is 0.283. The van der Waals surface area contributed by atoms with Crippen molar-refractivity contribution < 1.29 is 5.11 Å². The molecule has 1 aromatic heterocycles. The molecule has 2 heterocycles. The predicted octanol–water partition coefficient (Wildman–Crippen LogP) is 1.93. The Labute approximate surface area is 125 Å². The number of thioether (sulfide) groups is 1. The van der Waals surface area contributed by atoms with Gasteiger partial charge < -0.3 is 15.0 Å². The van der Waals surface area contributed by atoms with Crippen LogP contribution in [0.25, 0.3) is 0 Å². The van der Waals surface area contributed by atoms with Gasteiger partial charge in [0, 0.05) is 31.9 Å². The molecule has 0 radical (unpaired) electrons. The van der Waals surface area contributed by atoms with Crippen molar-refractivity contribution in [2.45, 2.75) is 49.6 Å². The molecule has 0 unspecified atom stereocenters. The second-order valence-corrected chi connectivity index (χ2v) is 6.49. The number of unbranched alkanes of at least 4 members (excludes halogenated alkanes) is 3. The lowest BCUT2D eigenvalue weighted by Gasteiger charge is -2.21. The van der Waals surface area contributed by atoms with Crippen molar-refractivity contribution in [3.05, 3.63) is 5.82 Å². The summed E-state index contributed by atoms with van der Waals surface area (Å²) in [6.07, 6.45) is 6.85. The zero-order valence-electron chi connectivity index (χ0n) is 12.3. The predicted molar refractivity (Wildman–Crippen MR) is 82.1 cm³/mol. The summed E-state index contributed by atoms with van der Waals surface area (Å²) in [6.45, 7) is 2.47. The maximum Gasteiger partial charge on any atom is 0.190 e. The van der Waals surface area contributed by atoms with Crippen molar-refractivity contribution in [3.63, 3.8) is 0 Å². The molecule has 0 aromatic carbocycles. The topological polar surface area (TPSA) is 63.0 Å². The highest BCUT2D eigenvalue weighted by Gasteiger charge is 2.21. The zero-order chi connectivity index (χ0) is 14.2. The van der Waals surface area contributed by atoms with E-state index >= 15 is 0 Å². The number of aliphatic hydroxyl groups is 1. The second-order valence-electron chi connectivity index (χ2n) is 5.43. The van der Waals surface area contributed by atoms with Crippen LogP contribution in [0.15, 0.2) is 5.16 Å². The third-order valence-electron chi connectivity index (χ3n) is 3.81. The monoisotopic (exact) mass is 298 g/mol. The summed E-state index contributed by atoms with van der Waals surface area (Å²) < 4.78 is 2.16. The van der Waals surface area contributed by atoms with Gasteiger partial charge in [-0.2, -0.15) is 0 Å². The lowest BCUT2D eigenvalue weighted by atomic mass is 9.99. The van der Waals surface area contributed by atoms with Gasteiger partial charge in [-0.3, -0.25) is 0 Å². The summed E-state index contributed by atoms with van der Waals surface area (Å²) in [4.78, 5) is 0. The molecule has 0 aliphatic carbocycles. The molecule has 2 N–H and O–H groups in total. The van der Waals surface area contributed by atoms with Gasteiger partial charge in [0.05, 0.1) is 0 Å². The first kappa shape index (κ1) is 15.8. The van der Waals surface area contributed by atoms with Gasteiger partial charge in [0.25, 0.3) is 0 Å². The highest BCUT2D eigenvalue weighted by molar-refractivity contribution is 7.99. The number of rotatable bonds is 8. The van der Waals surface area contributed by atoms with Crippen LogP contribution in [0.1, 0.15) is 50.3 Å². The molecular formula is C14H26N4OS. The Morgan fingerprint density at radius 3 is 2.90 bits per heavy atom. The lowest BCUT2D eigenvalue weighted by Crippen LogP contribution is -2.29. The average molecular weight is 298 g/mol. The van der Waals surface area contributed by atoms with E-state index in [4.69, 9.17) is 5.11 Å². The maximum atomic E-state index is 8.73. The van der Waals surface area contributed by atoms with Crippen LogP contribution >= 0.6 is 11.8 Å². The van der Waals surface area contributed by atoms with Crippen LogP contribution in [-0.4, -0.2) is 45.3 Å². The van der Waals surface area contributed by atoms with Gasteiger partial charge in [0.2, 0.25) is 0 Å². The van der Waals surface area contributed by atoms with E-state index < -0.39 is 0 Å². The first-order valence-corrected chi connectivity index (χ1v) is 8.65. The van der Waals surface area contributed by atoms with Gasteiger partial charge in [0.15, 0.2) is 5.16 Å². The first-order chi connectivity index (χ1) is 9.83. The minimum Gasteiger partial charge on any atom is -0.396 e. The Morgan fingerprint density at radius 2 is 2.15 bits per heavy atom. The number of piperidine rings is 1. The summed E-state index contributed by atoms with van der Waals surface area (Å²) in [5, 5.41) is 21.9. The molecule has 1 saturated heterocycles. The van der Waals surface area contributed by atoms with Crippen LogP contribution in [0.4, 0.5) is 0 Å². The number of nitrogens with one attached hydrogen (secondary N) is 1. The fraction of sp³-hybridized carbons (Fsp3) is 0.857. The third-order valence-corrected chi connectivity index (χ3v) is 4.92. The van der Waals surface area contributed by atoms with E-state index in [0.717, 1.165) is 42.7 Å². The highest BCUT2D eigenvalue weighted by atomic mass is 32.2. The van der Waals surface area contributed by atoms with Crippen LogP contribution < -0.4 is 5.32 Å². The first-order valence-electron chi connectivity index (χ1n) is 7.66. The van der Waals surface area contributed by atoms with Crippen molar-refractivity contribution >= 4 is 11.8 Å². The van der Waals surface area contributed by atoms with E-state index in [-0.39, 0.29) is 0 Å². The summed E-state index contributed by atoms with van der Waals surface area (Å²) in [5.41, 5.74) is 0. The molecule has 1 aliphatic heterocycles. The van der Waals surface area contributed by atoms with E-state index in [2.05, 4.69) is 27.1 Å². The van der Waals surface area contributed by atoms with Crippen molar-refractivity contribution in [2.75, 3.05) is 25.4 Å². The van der Waals surface area contributed by atoms with E-state index in [1.165, 1.54) is 25.7 Å². The van der Waals surface area contributed by atoms with Crippen molar-refractivity contribution in [3.8, 4) is 0 Å². The van der Waals surface area contributed by atoms with Crippen LogP contribution in [-0.2, 0) is 7.05 Å². The summed E-state index contributed by atoms with van der Waals surface area (Å²) in [6, 6.07) is 0. The van der Waals surface area contributed by atoms with E-state index in [1.807, 2.05) is 0 Å². The van der Waals surface area contributed by atoms with E-state index in [1.54, 1.807) is 11.8 Å². The Kier molecular flexibility index (Phi) is 6.82. The van der Waals surface area contributed by atoms with Crippen LogP contribution in [0.5, 0.6) is 0 Å². The normalized spacial score (nSPS) is 19.4. The van der Waals surface area contributed by atoms with Crippen LogP contribution in [0, 0.1) is 0 Å². The highest BCUT2D eigenvalue weighted by Crippen LogP contribution is 2.25. The molecule has 20 heavy (non-hydrogen) atoms. The fourth-order valence-corrected chi connectivity index (χ4v) is 3.53. The summed E-state index contributed by atoms with van der Waals surface area (Å²) in [7, 11) is 2.08. The molecule has 2 rings (SSSR count). The van der Waals surface area contributed by atoms with Gasteiger partial charge in [-0.05, 0) is 32.2 Å². The molecule has 1 atom stereocenters. The minimum absolute atomic E-state index is 0.315. The molecule has 1 aromatic rings.